The van der Waals surface area contributed by atoms with Gasteiger partial charge in [0.15, 0.2) is 5.69 Å². The van der Waals surface area contributed by atoms with Crippen LogP contribution in [0.3, 0.4) is 0 Å². The van der Waals surface area contributed by atoms with Crippen LogP contribution in [-0.4, -0.2) is 27.5 Å². The van der Waals surface area contributed by atoms with Crippen molar-refractivity contribution >= 4 is 17.2 Å². The Morgan fingerprint density at radius 3 is 2.95 bits per heavy atom. The number of hydrogen-bond acceptors (Lipinski definition) is 5. The summed E-state index contributed by atoms with van der Waals surface area (Å²) >= 11 is 1.46. The fourth-order valence-corrected chi connectivity index (χ4v) is 2.34. The minimum absolute atomic E-state index is 0.0314. The van der Waals surface area contributed by atoms with Crippen LogP contribution in [0, 0.1) is 13.8 Å². The van der Waals surface area contributed by atoms with Gasteiger partial charge in [0.2, 0.25) is 0 Å². The number of hydrogen-bond donors (Lipinski definition) is 3. The molecule has 7 heteroatoms. The molecular weight excluding hydrogens is 278 g/mol. The fourth-order valence-electron chi connectivity index (χ4n) is 1.63. The summed E-state index contributed by atoms with van der Waals surface area (Å²) in [6, 6.07) is 1.78. The second-order valence-electron chi connectivity index (χ2n) is 4.41. The largest absolute Gasteiger partial charge is 0.387 e. The Bertz CT molecular complexity index is 664. The maximum atomic E-state index is 11.9. The van der Waals surface area contributed by atoms with E-state index in [1.807, 2.05) is 5.38 Å². The monoisotopic (exact) mass is 293 g/mol. The lowest BCUT2D eigenvalue weighted by Gasteiger charge is -2.10. The van der Waals surface area contributed by atoms with Crippen LogP contribution in [0.15, 0.2) is 21.6 Å². The van der Waals surface area contributed by atoms with E-state index in [1.165, 1.54) is 11.3 Å². The van der Waals surface area contributed by atoms with Crippen molar-refractivity contribution in [3.63, 3.8) is 0 Å². The quantitative estimate of drug-likeness (QED) is 0.781. The Balaban J connectivity index is 2.06. The van der Waals surface area contributed by atoms with Gasteiger partial charge in [0.05, 0.1) is 11.8 Å². The second kappa shape index (κ2) is 5.98. The molecule has 0 saturated heterocycles. The first-order chi connectivity index (χ1) is 9.49. The number of nitrogens with zero attached hydrogens (tertiary/aromatic N) is 1. The summed E-state index contributed by atoms with van der Waals surface area (Å²) in [6.07, 6.45) is -0.796. The summed E-state index contributed by atoms with van der Waals surface area (Å²) in [7, 11) is 0. The summed E-state index contributed by atoms with van der Waals surface area (Å²) in [5, 5.41) is 16.0. The second-order valence-corrected chi connectivity index (χ2v) is 5.19. The van der Waals surface area contributed by atoms with Crippen LogP contribution in [0.1, 0.15) is 33.5 Å². The summed E-state index contributed by atoms with van der Waals surface area (Å²) in [5.74, 6) is -0.594. The van der Waals surface area contributed by atoms with Gasteiger partial charge < -0.3 is 15.4 Å². The van der Waals surface area contributed by atoms with E-state index in [9.17, 15) is 14.7 Å². The van der Waals surface area contributed by atoms with E-state index in [-0.39, 0.29) is 12.2 Å². The topological polar surface area (TPSA) is 95.1 Å². The van der Waals surface area contributed by atoms with Crippen molar-refractivity contribution in [2.24, 2.45) is 0 Å². The zero-order chi connectivity index (χ0) is 14.7. The maximum absolute atomic E-state index is 11.9. The number of aromatic nitrogens is 2. The summed E-state index contributed by atoms with van der Waals surface area (Å²) < 4.78 is 0. The molecule has 0 fully saturated rings. The highest BCUT2D eigenvalue weighted by Gasteiger charge is 2.16. The van der Waals surface area contributed by atoms with E-state index >= 15 is 0 Å². The van der Waals surface area contributed by atoms with E-state index in [0.29, 0.717) is 11.4 Å². The summed E-state index contributed by atoms with van der Waals surface area (Å²) in [6.45, 7) is 3.46. The molecule has 0 aromatic carbocycles. The minimum atomic E-state index is -0.796. The normalized spacial score (nSPS) is 12.2. The SMILES string of the molecule is Cc1nc(C(=O)NCC(O)c2ccsc2)c(=O)[nH]c1C. The Kier molecular flexibility index (Phi) is 4.31. The van der Waals surface area contributed by atoms with Gasteiger partial charge in [0.25, 0.3) is 11.5 Å². The third-order valence-electron chi connectivity index (χ3n) is 2.94. The Hall–Kier alpha value is -1.99. The average Bonchev–Trinajstić information content (AvgIpc) is 2.94. The third-order valence-corrected chi connectivity index (χ3v) is 3.64. The predicted octanol–water partition coefficient (Wildman–Crippen LogP) is 0.912. The van der Waals surface area contributed by atoms with Crippen molar-refractivity contribution < 1.29 is 9.90 Å². The molecular formula is C13H15N3O3S. The van der Waals surface area contributed by atoms with Gasteiger partial charge in [0.1, 0.15) is 0 Å². The number of thiophene rings is 1. The highest BCUT2D eigenvalue weighted by atomic mass is 32.1. The third kappa shape index (κ3) is 3.12. The molecule has 3 N–H and O–H groups in total. The van der Waals surface area contributed by atoms with Gasteiger partial charge >= 0.3 is 0 Å². The number of H-pyrrole nitrogens is 1. The molecule has 0 bridgehead atoms. The van der Waals surface area contributed by atoms with Gasteiger partial charge in [-0.15, -0.1) is 0 Å². The lowest BCUT2D eigenvalue weighted by atomic mass is 10.2. The molecule has 6 nitrogen and oxygen atoms in total. The molecule has 0 aliphatic heterocycles. The predicted molar refractivity (Wildman–Crippen MR) is 75.9 cm³/mol. The van der Waals surface area contributed by atoms with Crippen LogP contribution >= 0.6 is 11.3 Å². The molecule has 0 radical (unpaired) electrons. The summed E-state index contributed by atoms with van der Waals surface area (Å²) in [5.41, 5.74) is 1.23. The molecule has 1 atom stereocenters. The number of aliphatic hydroxyl groups excluding tert-OH is 1. The first-order valence-corrected chi connectivity index (χ1v) is 6.99. The zero-order valence-corrected chi connectivity index (χ0v) is 12.0. The van der Waals surface area contributed by atoms with Gasteiger partial charge in [0, 0.05) is 12.2 Å². The van der Waals surface area contributed by atoms with Crippen LogP contribution < -0.4 is 10.9 Å². The number of rotatable bonds is 4. The van der Waals surface area contributed by atoms with Gasteiger partial charge in [-0.05, 0) is 36.2 Å². The number of aryl methyl sites for hydroxylation is 2. The molecule has 0 aliphatic carbocycles. The van der Waals surface area contributed by atoms with Gasteiger partial charge in [-0.3, -0.25) is 9.59 Å². The fraction of sp³-hybridized carbons (Fsp3) is 0.308. The molecule has 2 heterocycles. The summed E-state index contributed by atoms with van der Waals surface area (Å²) in [4.78, 5) is 30.1. The molecule has 2 aromatic rings. The molecule has 0 aliphatic rings. The van der Waals surface area contributed by atoms with E-state index in [4.69, 9.17) is 0 Å². The number of aromatic amines is 1. The number of carbonyl (C=O) groups excluding carboxylic acids is 1. The van der Waals surface area contributed by atoms with Gasteiger partial charge in [-0.25, -0.2) is 4.98 Å². The maximum Gasteiger partial charge on any atom is 0.279 e. The molecule has 2 aromatic heterocycles. The van der Waals surface area contributed by atoms with Gasteiger partial charge in [-0.1, -0.05) is 0 Å². The number of aliphatic hydroxyl groups is 1. The van der Waals surface area contributed by atoms with Crippen molar-refractivity contribution in [2.45, 2.75) is 20.0 Å². The first-order valence-electron chi connectivity index (χ1n) is 6.05. The Labute approximate surface area is 119 Å². The van der Waals surface area contributed by atoms with E-state index < -0.39 is 17.6 Å². The van der Waals surface area contributed by atoms with E-state index in [1.54, 1.807) is 25.3 Å². The van der Waals surface area contributed by atoms with Crippen molar-refractivity contribution in [3.05, 3.63) is 49.8 Å². The van der Waals surface area contributed by atoms with Crippen molar-refractivity contribution in [2.75, 3.05) is 6.54 Å². The average molecular weight is 293 g/mol. The van der Waals surface area contributed by atoms with Crippen LogP contribution in [-0.2, 0) is 0 Å². The molecule has 0 spiro atoms. The molecule has 0 saturated carbocycles. The number of carbonyl (C=O) groups is 1. The molecule has 1 amide bonds. The number of amides is 1. The van der Waals surface area contributed by atoms with Gasteiger partial charge in [-0.2, -0.15) is 11.3 Å². The Morgan fingerprint density at radius 2 is 2.30 bits per heavy atom. The van der Waals surface area contributed by atoms with E-state index in [0.717, 1.165) is 5.56 Å². The van der Waals surface area contributed by atoms with E-state index in [2.05, 4.69) is 15.3 Å². The van der Waals surface area contributed by atoms with Crippen molar-refractivity contribution in [1.29, 1.82) is 0 Å². The lowest BCUT2D eigenvalue weighted by Crippen LogP contribution is -2.34. The molecule has 2 rings (SSSR count). The standard InChI is InChI=1S/C13H15N3O3S/c1-7-8(2)16-13(19)11(15-7)12(18)14-5-10(17)9-3-4-20-6-9/h3-4,6,10,17H,5H2,1-2H3,(H,14,18)(H,16,19). The van der Waals surface area contributed by atoms with Crippen LogP contribution in [0.25, 0.3) is 0 Å². The van der Waals surface area contributed by atoms with Crippen LogP contribution in [0.2, 0.25) is 0 Å². The molecule has 20 heavy (non-hydrogen) atoms. The molecule has 106 valence electrons. The smallest absolute Gasteiger partial charge is 0.279 e. The lowest BCUT2D eigenvalue weighted by molar-refractivity contribution is 0.0909. The first kappa shape index (κ1) is 14.4. The van der Waals surface area contributed by atoms with Crippen LogP contribution in [0.4, 0.5) is 0 Å². The highest BCUT2D eigenvalue weighted by Crippen LogP contribution is 2.15. The highest BCUT2D eigenvalue weighted by molar-refractivity contribution is 7.07. The zero-order valence-electron chi connectivity index (χ0n) is 11.1. The number of nitrogens with one attached hydrogen (secondary N) is 2. The minimum Gasteiger partial charge on any atom is -0.387 e. The van der Waals surface area contributed by atoms with Crippen LogP contribution in [0.5, 0.6) is 0 Å². The Morgan fingerprint density at radius 1 is 1.55 bits per heavy atom. The molecule has 1 unspecified atom stereocenters. The van der Waals surface area contributed by atoms with Crippen molar-refractivity contribution in [3.8, 4) is 0 Å². The van der Waals surface area contributed by atoms with Crippen molar-refractivity contribution in [1.82, 2.24) is 15.3 Å².